The van der Waals surface area contributed by atoms with Crippen molar-refractivity contribution in [3.05, 3.63) is 123 Å². The van der Waals surface area contributed by atoms with E-state index in [4.69, 9.17) is 36.3 Å². The third kappa shape index (κ3) is 7.51. The highest BCUT2D eigenvalue weighted by Gasteiger charge is 2.24. The van der Waals surface area contributed by atoms with E-state index in [0.717, 1.165) is 73.6 Å². The van der Waals surface area contributed by atoms with Gasteiger partial charge in [-0.15, -0.1) is 0 Å². The normalized spacial score (nSPS) is 14.1. The van der Waals surface area contributed by atoms with Crippen molar-refractivity contribution in [2.24, 2.45) is 0 Å². The first-order valence-corrected chi connectivity index (χ1v) is 15.6. The third-order valence-electron chi connectivity index (χ3n) is 8.41. The van der Waals surface area contributed by atoms with E-state index in [2.05, 4.69) is 39.8 Å². The Hall–Kier alpha value is -4.29. The van der Waals surface area contributed by atoms with E-state index in [1.54, 1.807) is 19.2 Å². The number of rotatable bonds is 11. The van der Waals surface area contributed by atoms with Crippen LogP contribution >= 0.6 is 11.6 Å². The maximum absolute atomic E-state index is 14.2. The van der Waals surface area contributed by atoms with Crippen LogP contribution in [0.15, 0.2) is 78.9 Å². The van der Waals surface area contributed by atoms with Crippen LogP contribution < -0.4 is 4.74 Å². The Morgan fingerprint density at radius 1 is 0.978 bits per heavy atom. The minimum absolute atomic E-state index is 0.0961. The Morgan fingerprint density at radius 2 is 1.78 bits per heavy atom. The lowest BCUT2D eigenvalue weighted by molar-refractivity contribution is 0.178. The molecule has 9 heteroatoms. The number of halogens is 2. The van der Waals surface area contributed by atoms with Gasteiger partial charge in [0.2, 0.25) is 5.88 Å². The van der Waals surface area contributed by atoms with Gasteiger partial charge >= 0.3 is 0 Å². The lowest BCUT2D eigenvalue weighted by atomic mass is 9.93. The molecule has 0 atom stereocenters. The Morgan fingerprint density at radius 3 is 2.53 bits per heavy atom. The van der Waals surface area contributed by atoms with Crippen molar-refractivity contribution in [3.63, 3.8) is 0 Å². The number of benzene rings is 3. The summed E-state index contributed by atoms with van der Waals surface area (Å²) in [5, 5.41) is 9.45. The highest BCUT2D eigenvalue weighted by molar-refractivity contribution is 6.30. The van der Waals surface area contributed by atoms with Crippen LogP contribution in [-0.4, -0.2) is 46.2 Å². The summed E-state index contributed by atoms with van der Waals surface area (Å²) in [6.45, 7) is 4.08. The largest absolute Gasteiger partial charge is 0.473 e. The average Bonchev–Trinajstić information content (AvgIpc) is 3.40. The molecule has 0 amide bonds. The Bertz CT molecular complexity index is 1810. The number of hydrogen-bond acceptors (Lipinski definition) is 6. The molecule has 5 aromatic rings. The van der Waals surface area contributed by atoms with Crippen LogP contribution in [0.1, 0.15) is 52.5 Å². The summed E-state index contributed by atoms with van der Waals surface area (Å²) in [6.07, 6.45) is 2.75. The van der Waals surface area contributed by atoms with E-state index >= 15 is 0 Å². The molecule has 3 aromatic carbocycles. The van der Waals surface area contributed by atoms with E-state index in [9.17, 15) is 4.39 Å². The minimum Gasteiger partial charge on any atom is -0.473 e. The number of pyridine rings is 1. The van der Waals surface area contributed by atoms with Crippen LogP contribution in [0, 0.1) is 17.1 Å². The smallest absolute Gasteiger partial charge is 0.213 e. The first-order valence-electron chi connectivity index (χ1n) is 15.2. The molecule has 0 unspecified atom stereocenters. The number of ether oxygens (including phenoxy) is 2. The second-order valence-corrected chi connectivity index (χ2v) is 11.9. The second-order valence-electron chi connectivity index (χ2n) is 11.5. The SMILES string of the molecule is COCCn1c(CN2CCC(c3cccc(OCc4ccc(Cl)cc4F)n3)CC2)nc2cc(Cc3ccc(C#N)cc3)ccc21. The van der Waals surface area contributed by atoms with Crippen LogP contribution in [0.4, 0.5) is 4.39 Å². The van der Waals surface area contributed by atoms with Gasteiger partial charge in [-0.25, -0.2) is 14.4 Å². The summed E-state index contributed by atoms with van der Waals surface area (Å²) in [7, 11) is 1.73. The van der Waals surface area contributed by atoms with Crippen molar-refractivity contribution in [1.29, 1.82) is 5.26 Å². The fourth-order valence-corrected chi connectivity index (χ4v) is 6.10. The number of aromatic nitrogens is 3. The number of hydrogen-bond donors (Lipinski definition) is 0. The van der Waals surface area contributed by atoms with Crippen LogP contribution in [-0.2, 0) is 30.9 Å². The molecule has 230 valence electrons. The molecule has 0 radical (unpaired) electrons. The number of likely N-dealkylation sites (tertiary alicyclic amines) is 1. The summed E-state index contributed by atoms with van der Waals surface area (Å²) in [4.78, 5) is 12.3. The van der Waals surface area contributed by atoms with Crippen molar-refractivity contribution in [3.8, 4) is 11.9 Å². The molecule has 0 N–H and O–H groups in total. The second kappa shape index (κ2) is 14.2. The maximum Gasteiger partial charge on any atom is 0.213 e. The van der Waals surface area contributed by atoms with Gasteiger partial charge in [-0.1, -0.05) is 41.9 Å². The number of fused-ring (bicyclic) bond motifs is 1. The quantitative estimate of drug-likeness (QED) is 0.154. The third-order valence-corrected chi connectivity index (χ3v) is 8.64. The van der Waals surface area contributed by atoms with Gasteiger partial charge < -0.3 is 14.0 Å². The van der Waals surface area contributed by atoms with Gasteiger partial charge in [0.25, 0.3) is 0 Å². The number of piperidine rings is 1. The zero-order chi connectivity index (χ0) is 31.2. The van der Waals surface area contributed by atoms with Crippen LogP contribution in [0.2, 0.25) is 5.02 Å². The fourth-order valence-electron chi connectivity index (χ4n) is 5.94. The molecule has 0 spiro atoms. The van der Waals surface area contributed by atoms with E-state index in [0.29, 0.717) is 34.6 Å². The highest BCUT2D eigenvalue weighted by atomic mass is 35.5. The maximum atomic E-state index is 14.2. The average molecular weight is 624 g/mol. The van der Waals surface area contributed by atoms with E-state index < -0.39 is 0 Å². The monoisotopic (exact) mass is 623 g/mol. The number of nitriles is 1. The first-order chi connectivity index (χ1) is 22.0. The Kier molecular flexibility index (Phi) is 9.70. The first kappa shape index (κ1) is 30.7. The van der Waals surface area contributed by atoms with E-state index in [1.165, 1.54) is 11.6 Å². The van der Waals surface area contributed by atoms with Gasteiger partial charge in [-0.3, -0.25) is 4.90 Å². The summed E-state index contributed by atoms with van der Waals surface area (Å²) in [5.74, 6) is 1.48. The van der Waals surface area contributed by atoms with Crippen LogP contribution in [0.5, 0.6) is 5.88 Å². The standard InChI is InChI=1S/C36H35ClFN5O2/c1-44-18-17-43-34-12-9-27(19-25-5-7-26(22-39)8-6-25)20-33(34)40-35(43)23-42-15-13-28(14-16-42)32-3-2-4-36(41-32)45-24-29-10-11-30(37)21-31(29)38/h2-12,20-21,28H,13-19,23-24H2,1H3. The molecule has 0 aliphatic carbocycles. The van der Waals surface area contributed by atoms with E-state index in [1.807, 2.05) is 36.4 Å². The van der Waals surface area contributed by atoms with Crippen LogP contribution in [0.3, 0.4) is 0 Å². The van der Waals surface area contributed by atoms with Gasteiger partial charge in [0, 0.05) is 41.9 Å². The lowest BCUT2D eigenvalue weighted by Gasteiger charge is -2.31. The lowest BCUT2D eigenvalue weighted by Crippen LogP contribution is -2.33. The summed E-state index contributed by atoms with van der Waals surface area (Å²) < 4.78 is 27.7. The molecule has 1 saturated heterocycles. The molecule has 1 aliphatic rings. The number of imidazole rings is 1. The molecule has 2 aromatic heterocycles. The van der Waals surface area contributed by atoms with Gasteiger partial charge in [-0.05, 0) is 85.9 Å². The van der Waals surface area contributed by atoms with Crippen molar-refractivity contribution in [2.45, 2.75) is 44.9 Å². The molecule has 6 rings (SSSR count). The summed E-state index contributed by atoms with van der Waals surface area (Å²) >= 11 is 5.87. The predicted octanol–water partition coefficient (Wildman–Crippen LogP) is 7.29. The topological polar surface area (TPSA) is 76.2 Å². The van der Waals surface area contributed by atoms with Crippen LogP contribution in [0.25, 0.3) is 11.0 Å². The zero-order valence-electron chi connectivity index (χ0n) is 25.3. The molecule has 3 heterocycles. The molecule has 1 aliphatic heterocycles. The molecule has 1 fully saturated rings. The van der Waals surface area contributed by atoms with Crippen molar-refractivity contribution < 1.29 is 13.9 Å². The zero-order valence-corrected chi connectivity index (χ0v) is 26.0. The van der Waals surface area contributed by atoms with Gasteiger partial charge in [0.05, 0.1) is 35.8 Å². The summed E-state index contributed by atoms with van der Waals surface area (Å²) in [5.41, 5.74) is 6.57. The van der Waals surface area contributed by atoms with Gasteiger partial charge in [0.1, 0.15) is 18.2 Å². The molecule has 7 nitrogen and oxygen atoms in total. The molecule has 0 bridgehead atoms. The van der Waals surface area contributed by atoms with Crippen molar-refractivity contribution >= 4 is 22.6 Å². The van der Waals surface area contributed by atoms with Crippen molar-refractivity contribution in [2.75, 3.05) is 26.8 Å². The molecular weight excluding hydrogens is 589 g/mol. The summed E-state index contributed by atoms with van der Waals surface area (Å²) in [6, 6.07) is 26.8. The minimum atomic E-state index is -0.384. The molecule has 45 heavy (non-hydrogen) atoms. The number of methoxy groups -OCH3 is 1. The predicted molar refractivity (Wildman–Crippen MR) is 173 cm³/mol. The van der Waals surface area contributed by atoms with Gasteiger partial charge in [0.15, 0.2) is 0 Å². The Labute approximate surface area is 267 Å². The highest BCUT2D eigenvalue weighted by Crippen LogP contribution is 2.30. The van der Waals surface area contributed by atoms with Gasteiger partial charge in [-0.2, -0.15) is 5.26 Å². The van der Waals surface area contributed by atoms with Crippen molar-refractivity contribution in [1.82, 2.24) is 19.4 Å². The van der Waals surface area contributed by atoms with E-state index in [-0.39, 0.29) is 12.4 Å². The number of nitrogens with zero attached hydrogens (tertiary/aromatic N) is 5. The Balaban J connectivity index is 1.10. The fraction of sp³-hybridized carbons (Fsp3) is 0.306. The molecule has 0 saturated carbocycles. The molecular formula is C36H35ClFN5O2.